The maximum Gasteiger partial charge on any atom is 0.407 e. The number of rotatable bonds is 7. The molecular weight excluding hydrogens is 390 g/mol. The van der Waals surface area contributed by atoms with E-state index in [2.05, 4.69) is 25.9 Å². The summed E-state index contributed by atoms with van der Waals surface area (Å²) in [4.78, 5) is 42.9. The number of ether oxygens (including phenoxy) is 1. The molecule has 3 amide bonds. The number of anilines is 1. The second kappa shape index (κ2) is 9.88. The highest BCUT2D eigenvalue weighted by atomic mass is 16.6. The van der Waals surface area contributed by atoms with E-state index in [1.807, 2.05) is 0 Å². The summed E-state index contributed by atoms with van der Waals surface area (Å²) in [6, 6.07) is 6.37. The summed E-state index contributed by atoms with van der Waals surface area (Å²) in [5.41, 5.74) is 0.686. The lowest BCUT2D eigenvalue weighted by molar-refractivity contribution is 0.0523. The van der Waals surface area contributed by atoms with Crippen LogP contribution in [0.4, 0.5) is 10.5 Å². The van der Waals surface area contributed by atoms with E-state index in [9.17, 15) is 14.4 Å². The number of hydrogen-bond acceptors (Lipinski definition) is 6. The minimum Gasteiger partial charge on any atom is -0.444 e. The number of H-pyrrole nitrogens is 1. The minimum atomic E-state index is -0.573. The first-order valence-corrected chi connectivity index (χ1v) is 9.41. The first-order chi connectivity index (χ1) is 14.1. The van der Waals surface area contributed by atoms with Gasteiger partial charge in [0, 0.05) is 18.3 Å². The number of amides is 3. The fraction of sp³-hybridized carbons (Fsp3) is 0.400. The average Bonchev–Trinajstić information content (AvgIpc) is 3.16. The van der Waals surface area contributed by atoms with E-state index in [-0.39, 0.29) is 24.5 Å². The van der Waals surface area contributed by atoms with Crippen molar-refractivity contribution in [2.45, 2.75) is 45.9 Å². The van der Waals surface area contributed by atoms with Crippen LogP contribution < -0.4 is 16.0 Å². The van der Waals surface area contributed by atoms with Gasteiger partial charge in [0.15, 0.2) is 5.69 Å². The molecule has 5 N–H and O–H groups in total. The molecule has 30 heavy (non-hydrogen) atoms. The highest BCUT2D eigenvalue weighted by molar-refractivity contribution is 6.10. The van der Waals surface area contributed by atoms with Crippen molar-refractivity contribution in [3.05, 3.63) is 47.5 Å². The molecule has 1 aromatic carbocycles. The molecule has 1 atom stereocenters. The smallest absolute Gasteiger partial charge is 0.407 e. The van der Waals surface area contributed by atoms with Crippen LogP contribution in [-0.2, 0) is 11.3 Å². The number of aromatic nitrogens is 2. The molecule has 10 heteroatoms. The van der Waals surface area contributed by atoms with Crippen LogP contribution in [0.15, 0.2) is 30.6 Å². The summed E-state index contributed by atoms with van der Waals surface area (Å²) in [5.74, 6) is -1.10. The lowest BCUT2D eigenvalue weighted by atomic mass is 10.2. The van der Waals surface area contributed by atoms with E-state index in [0.717, 1.165) is 5.56 Å². The van der Waals surface area contributed by atoms with E-state index in [1.54, 1.807) is 52.0 Å². The van der Waals surface area contributed by atoms with Gasteiger partial charge < -0.3 is 30.8 Å². The number of carbonyl (C=O) groups is 3. The summed E-state index contributed by atoms with van der Waals surface area (Å²) >= 11 is 0. The maximum atomic E-state index is 12.5. The van der Waals surface area contributed by atoms with Gasteiger partial charge in [-0.05, 0) is 45.4 Å². The van der Waals surface area contributed by atoms with Gasteiger partial charge in [-0.1, -0.05) is 12.1 Å². The van der Waals surface area contributed by atoms with Crippen molar-refractivity contribution in [2.75, 3.05) is 11.9 Å². The SMILES string of the molecule is C[C@H](CO)NC(=O)c1[nH]cnc1C(=O)Nc1ccc(CNC(=O)OC(C)(C)C)cc1. The molecular formula is C20H27N5O5. The third-order valence-electron chi connectivity index (χ3n) is 3.78. The van der Waals surface area contributed by atoms with Crippen LogP contribution >= 0.6 is 0 Å². The Morgan fingerprint density at radius 3 is 2.43 bits per heavy atom. The van der Waals surface area contributed by atoms with E-state index >= 15 is 0 Å². The van der Waals surface area contributed by atoms with Crippen molar-refractivity contribution < 1.29 is 24.2 Å². The fourth-order valence-corrected chi connectivity index (χ4v) is 2.37. The highest BCUT2D eigenvalue weighted by Gasteiger charge is 2.21. The molecule has 1 heterocycles. The van der Waals surface area contributed by atoms with Crippen molar-refractivity contribution in [3.63, 3.8) is 0 Å². The van der Waals surface area contributed by atoms with Crippen LogP contribution in [0.1, 0.15) is 54.2 Å². The number of carbonyl (C=O) groups excluding carboxylic acids is 3. The quantitative estimate of drug-likeness (QED) is 0.464. The van der Waals surface area contributed by atoms with E-state index in [1.165, 1.54) is 6.33 Å². The minimum absolute atomic E-state index is 0.00554. The standard InChI is InChI=1S/C20H27N5O5/c1-12(10-26)24-17(27)15-16(23-11-22-15)18(28)25-14-7-5-13(6-8-14)9-21-19(29)30-20(2,3)4/h5-8,11-12,26H,9-10H2,1-4H3,(H,21,29)(H,22,23)(H,24,27)(H,25,28)/t12-/m1/s1. The Kier molecular flexibility index (Phi) is 7.54. The molecule has 0 unspecified atom stereocenters. The normalized spacial score (nSPS) is 12.0. The molecule has 162 valence electrons. The molecule has 0 aliphatic carbocycles. The summed E-state index contributed by atoms with van der Waals surface area (Å²) in [6.45, 7) is 7.03. The number of benzene rings is 1. The van der Waals surface area contributed by atoms with Crippen LogP contribution in [0.25, 0.3) is 0 Å². The Labute approximate surface area is 174 Å². The van der Waals surface area contributed by atoms with E-state index in [0.29, 0.717) is 5.69 Å². The lowest BCUT2D eigenvalue weighted by Crippen LogP contribution is -2.36. The molecule has 0 saturated carbocycles. The van der Waals surface area contributed by atoms with Crippen LogP contribution in [0, 0.1) is 0 Å². The third-order valence-corrected chi connectivity index (χ3v) is 3.78. The lowest BCUT2D eigenvalue weighted by Gasteiger charge is -2.19. The largest absolute Gasteiger partial charge is 0.444 e. The fourth-order valence-electron chi connectivity index (χ4n) is 2.37. The Balaban J connectivity index is 1.95. The Hall–Kier alpha value is -3.40. The molecule has 0 spiro atoms. The number of imidazole rings is 1. The van der Waals surface area contributed by atoms with E-state index in [4.69, 9.17) is 9.84 Å². The molecule has 0 fully saturated rings. The van der Waals surface area contributed by atoms with Crippen molar-refractivity contribution >= 4 is 23.6 Å². The second-order valence-electron chi connectivity index (χ2n) is 7.69. The van der Waals surface area contributed by atoms with Crippen molar-refractivity contribution in [3.8, 4) is 0 Å². The third kappa shape index (κ3) is 6.89. The molecule has 0 aliphatic heterocycles. The Bertz CT molecular complexity index is 886. The van der Waals surface area contributed by atoms with Gasteiger partial charge in [0.05, 0.1) is 12.9 Å². The molecule has 0 bridgehead atoms. The number of nitrogens with one attached hydrogen (secondary N) is 4. The molecule has 1 aromatic heterocycles. The molecule has 0 aliphatic rings. The monoisotopic (exact) mass is 417 g/mol. The maximum absolute atomic E-state index is 12.5. The number of alkyl carbamates (subject to hydrolysis) is 1. The zero-order valence-electron chi connectivity index (χ0n) is 17.4. The summed E-state index contributed by atoms with van der Waals surface area (Å²) in [5, 5.41) is 16.9. The average molecular weight is 417 g/mol. The first kappa shape index (κ1) is 22.9. The number of nitrogens with zero attached hydrogens (tertiary/aromatic N) is 1. The number of aromatic amines is 1. The topological polar surface area (TPSA) is 145 Å². The van der Waals surface area contributed by atoms with Crippen LogP contribution in [0.2, 0.25) is 0 Å². The molecule has 0 saturated heterocycles. The van der Waals surface area contributed by atoms with Gasteiger partial charge in [-0.25, -0.2) is 9.78 Å². The van der Waals surface area contributed by atoms with Crippen molar-refractivity contribution in [2.24, 2.45) is 0 Å². The zero-order chi connectivity index (χ0) is 22.3. The number of hydrogen-bond donors (Lipinski definition) is 5. The van der Waals surface area contributed by atoms with E-state index < -0.39 is 29.6 Å². The summed E-state index contributed by atoms with van der Waals surface area (Å²) in [7, 11) is 0. The van der Waals surface area contributed by atoms with Gasteiger partial charge >= 0.3 is 6.09 Å². The van der Waals surface area contributed by atoms with Gasteiger partial charge in [0.1, 0.15) is 11.3 Å². The highest BCUT2D eigenvalue weighted by Crippen LogP contribution is 2.13. The molecule has 10 nitrogen and oxygen atoms in total. The van der Waals surface area contributed by atoms with Gasteiger partial charge in [-0.2, -0.15) is 0 Å². The molecule has 0 radical (unpaired) electrons. The molecule has 2 rings (SSSR count). The van der Waals surface area contributed by atoms with Crippen molar-refractivity contribution in [1.29, 1.82) is 0 Å². The summed E-state index contributed by atoms with van der Waals surface area (Å²) < 4.78 is 5.18. The van der Waals surface area contributed by atoms with Gasteiger partial charge in [0.25, 0.3) is 11.8 Å². The Morgan fingerprint density at radius 2 is 1.83 bits per heavy atom. The van der Waals surface area contributed by atoms with Gasteiger partial charge in [0.2, 0.25) is 0 Å². The van der Waals surface area contributed by atoms with Gasteiger partial charge in [-0.3, -0.25) is 9.59 Å². The molecule has 2 aromatic rings. The van der Waals surface area contributed by atoms with Crippen LogP contribution in [0.5, 0.6) is 0 Å². The predicted molar refractivity (Wildman–Crippen MR) is 110 cm³/mol. The van der Waals surface area contributed by atoms with Gasteiger partial charge in [-0.15, -0.1) is 0 Å². The zero-order valence-corrected chi connectivity index (χ0v) is 17.4. The Morgan fingerprint density at radius 1 is 1.17 bits per heavy atom. The van der Waals surface area contributed by atoms with Crippen LogP contribution in [0.3, 0.4) is 0 Å². The number of aliphatic hydroxyl groups is 1. The second-order valence-corrected chi connectivity index (χ2v) is 7.69. The predicted octanol–water partition coefficient (Wildman–Crippen LogP) is 1.80. The first-order valence-electron chi connectivity index (χ1n) is 9.41. The summed E-state index contributed by atoms with van der Waals surface area (Å²) in [6.07, 6.45) is 0.735. The van der Waals surface area contributed by atoms with Crippen molar-refractivity contribution in [1.82, 2.24) is 20.6 Å². The van der Waals surface area contributed by atoms with Crippen LogP contribution in [-0.4, -0.2) is 51.2 Å². The number of aliphatic hydroxyl groups excluding tert-OH is 1.